The minimum Gasteiger partial charge on any atom is -0.383 e. The van der Waals surface area contributed by atoms with Crippen LogP contribution in [0, 0.1) is 5.92 Å². The Morgan fingerprint density at radius 3 is 2.89 bits per heavy atom. The topological polar surface area (TPSA) is 92.1 Å². The second-order valence-electron chi connectivity index (χ2n) is 5.14. The highest BCUT2D eigenvalue weighted by molar-refractivity contribution is 7.89. The Hall–Kier alpha value is -1.08. The number of H-pyrrole nitrogens is 1. The Kier molecular flexibility index (Phi) is 4.46. The van der Waals surface area contributed by atoms with E-state index in [1.54, 1.807) is 4.31 Å². The van der Waals surface area contributed by atoms with E-state index in [2.05, 4.69) is 17.1 Å². The summed E-state index contributed by atoms with van der Waals surface area (Å²) in [4.78, 5) is 0.0986. The van der Waals surface area contributed by atoms with Crippen molar-refractivity contribution in [2.45, 2.75) is 43.9 Å². The predicted molar refractivity (Wildman–Crippen MR) is 74.0 cm³/mol. The van der Waals surface area contributed by atoms with Gasteiger partial charge in [-0.25, -0.2) is 8.42 Å². The highest BCUT2D eigenvalue weighted by Crippen LogP contribution is 2.27. The average molecular weight is 286 g/mol. The number of anilines is 1. The smallest absolute Gasteiger partial charge is 0.248 e. The molecule has 0 amide bonds. The molecule has 19 heavy (non-hydrogen) atoms. The molecule has 3 N–H and O–H groups in total. The second-order valence-corrected chi connectivity index (χ2v) is 7.04. The summed E-state index contributed by atoms with van der Waals surface area (Å²) in [6, 6.07) is 0. The number of hydrogen-bond donors (Lipinski definition) is 2. The van der Waals surface area contributed by atoms with Crippen molar-refractivity contribution in [3.05, 3.63) is 6.20 Å². The van der Waals surface area contributed by atoms with Gasteiger partial charge in [-0.05, 0) is 25.2 Å². The van der Waals surface area contributed by atoms with Crippen molar-refractivity contribution in [3.8, 4) is 0 Å². The van der Waals surface area contributed by atoms with Gasteiger partial charge < -0.3 is 5.73 Å². The van der Waals surface area contributed by atoms with E-state index in [0.717, 1.165) is 25.7 Å². The Balaban J connectivity index is 2.12. The van der Waals surface area contributed by atoms with Crippen molar-refractivity contribution in [2.75, 3.05) is 18.8 Å². The molecule has 0 saturated carbocycles. The molecule has 0 aromatic carbocycles. The van der Waals surface area contributed by atoms with Crippen LogP contribution in [0.4, 0.5) is 5.82 Å². The summed E-state index contributed by atoms with van der Waals surface area (Å²) in [5.74, 6) is 0.765. The predicted octanol–water partition coefficient (Wildman–Crippen LogP) is 1.58. The first-order chi connectivity index (χ1) is 9.05. The van der Waals surface area contributed by atoms with Gasteiger partial charge in [0.25, 0.3) is 0 Å². The van der Waals surface area contributed by atoms with E-state index in [1.807, 2.05) is 0 Å². The van der Waals surface area contributed by atoms with E-state index in [1.165, 1.54) is 12.6 Å². The first kappa shape index (κ1) is 14.3. The van der Waals surface area contributed by atoms with E-state index in [9.17, 15) is 8.42 Å². The zero-order valence-electron chi connectivity index (χ0n) is 11.3. The maximum absolute atomic E-state index is 12.5. The third-order valence-corrected chi connectivity index (χ3v) is 5.68. The van der Waals surface area contributed by atoms with Gasteiger partial charge in [0.1, 0.15) is 10.7 Å². The van der Waals surface area contributed by atoms with Crippen LogP contribution in [-0.2, 0) is 10.0 Å². The van der Waals surface area contributed by atoms with Gasteiger partial charge in [-0.3, -0.25) is 5.10 Å². The van der Waals surface area contributed by atoms with Crippen LogP contribution in [0.1, 0.15) is 39.0 Å². The highest BCUT2D eigenvalue weighted by atomic mass is 32.2. The maximum Gasteiger partial charge on any atom is 0.248 e. The monoisotopic (exact) mass is 286 g/mol. The molecule has 1 saturated heterocycles. The summed E-state index contributed by atoms with van der Waals surface area (Å²) >= 11 is 0. The number of nitrogens with one attached hydrogen (secondary N) is 1. The lowest BCUT2D eigenvalue weighted by atomic mass is 9.96. The molecule has 0 radical (unpaired) electrons. The summed E-state index contributed by atoms with van der Waals surface area (Å²) in [5.41, 5.74) is 5.62. The zero-order valence-corrected chi connectivity index (χ0v) is 12.1. The van der Waals surface area contributed by atoms with Gasteiger partial charge in [0.05, 0.1) is 6.20 Å². The number of nitrogens with two attached hydrogens (primary N) is 1. The Labute approximate surface area is 114 Å². The van der Waals surface area contributed by atoms with Crippen LogP contribution < -0.4 is 5.73 Å². The normalized spacial score (nSPS) is 22.3. The van der Waals surface area contributed by atoms with Crippen molar-refractivity contribution < 1.29 is 8.42 Å². The fourth-order valence-corrected chi connectivity index (χ4v) is 4.21. The number of hydrogen-bond acceptors (Lipinski definition) is 4. The van der Waals surface area contributed by atoms with Crippen LogP contribution in [-0.4, -0.2) is 36.0 Å². The van der Waals surface area contributed by atoms with Crippen LogP contribution in [0.3, 0.4) is 0 Å². The van der Waals surface area contributed by atoms with Crippen molar-refractivity contribution >= 4 is 15.8 Å². The Morgan fingerprint density at radius 1 is 1.47 bits per heavy atom. The highest BCUT2D eigenvalue weighted by Gasteiger charge is 2.29. The molecule has 1 aromatic heterocycles. The van der Waals surface area contributed by atoms with Gasteiger partial charge in [0, 0.05) is 13.1 Å². The van der Waals surface area contributed by atoms with Gasteiger partial charge >= 0.3 is 0 Å². The zero-order chi connectivity index (χ0) is 13.9. The minimum absolute atomic E-state index is 0.0986. The first-order valence-corrected chi connectivity index (χ1v) is 8.28. The molecule has 2 rings (SSSR count). The van der Waals surface area contributed by atoms with Crippen LogP contribution in [0.15, 0.2) is 11.1 Å². The van der Waals surface area contributed by atoms with Gasteiger partial charge in [0.2, 0.25) is 10.0 Å². The third-order valence-electron chi connectivity index (χ3n) is 3.75. The average Bonchev–Trinajstić information content (AvgIpc) is 2.66. The van der Waals surface area contributed by atoms with Crippen molar-refractivity contribution in [2.24, 2.45) is 5.92 Å². The molecule has 108 valence electrons. The van der Waals surface area contributed by atoms with Crippen LogP contribution >= 0.6 is 0 Å². The van der Waals surface area contributed by atoms with Gasteiger partial charge in [-0.15, -0.1) is 0 Å². The summed E-state index contributed by atoms with van der Waals surface area (Å²) in [5, 5.41) is 6.18. The van der Waals surface area contributed by atoms with Crippen LogP contribution in [0.5, 0.6) is 0 Å². The molecule has 1 aromatic rings. The molecule has 0 aliphatic carbocycles. The SMILES string of the molecule is CCCC1CCCN(S(=O)(=O)c2cn[nH]c2N)CC1. The molecule has 1 unspecified atom stereocenters. The van der Waals surface area contributed by atoms with Crippen LogP contribution in [0.25, 0.3) is 0 Å². The molecule has 1 atom stereocenters. The van der Waals surface area contributed by atoms with Crippen molar-refractivity contribution in [1.82, 2.24) is 14.5 Å². The summed E-state index contributed by atoms with van der Waals surface area (Å²) in [6.45, 7) is 3.33. The third kappa shape index (κ3) is 3.09. The quantitative estimate of drug-likeness (QED) is 0.879. The molecule has 1 aliphatic heterocycles. The lowest BCUT2D eigenvalue weighted by Gasteiger charge is -2.19. The van der Waals surface area contributed by atoms with Crippen LogP contribution in [0.2, 0.25) is 0 Å². The number of rotatable bonds is 4. The van der Waals surface area contributed by atoms with E-state index in [-0.39, 0.29) is 10.7 Å². The number of nitrogen functional groups attached to an aromatic ring is 1. The molecule has 1 aliphatic rings. The fourth-order valence-electron chi connectivity index (χ4n) is 2.71. The van der Waals surface area contributed by atoms with Crippen molar-refractivity contribution in [1.29, 1.82) is 0 Å². The van der Waals surface area contributed by atoms with Gasteiger partial charge in [-0.2, -0.15) is 9.40 Å². The van der Waals surface area contributed by atoms with Gasteiger partial charge in [0.15, 0.2) is 0 Å². The fraction of sp³-hybridized carbons (Fsp3) is 0.750. The number of sulfonamides is 1. The lowest BCUT2D eigenvalue weighted by Crippen LogP contribution is -2.32. The van der Waals surface area contributed by atoms with E-state index in [4.69, 9.17) is 5.73 Å². The standard InChI is InChI=1S/C12H22N4O2S/c1-2-4-10-5-3-7-16(8-6-10)19(17,18)11-9-14-15-12(11)13/h9-10H,2-8H2,1H3,(H3,13,14,15). The lowest BCUT2D eigenvalue weighted by molar-refractivity contribution is 0.400. The number of aromatic amines is 1. The Morgan fingerprint density at radius 2 is 2.26 bits per heavy atom. The van der Waals surface area contributed by atoms with E-state index in [0.29, 0.717) is 19.0 Å². The van der Waals surface area contributed by atoms with Gasteiger partial charge in [-0.1, -0.05) is 19.8 Å². The first-order valence-electron chi connectivity index (χ1n) is 6.84. The molecule has 1 fully saturated rings. The van der Waals surface area contributed by atoms with E-state index < -0.39 is 10.0 Å². The molecule has 2 heterocycles. The largest absolute Gasteiger partial charge is 0.383 e. The molecule has 7 heteroatoms. The number of nitrogens with zero attached hydrogens (tertiary/aromatic N) is 2. The summed E-state index contributed by atoms with van der Waals surface area (Å²) in [7, 11) is -3.50. The Bertz CT molecular complexity index is 512. The molecule has 0 spiro atoms. The summed E-state index contributed by atoms with van der Waals surface area (Å²) < 4.78 is 26.5. The molecular formula is C12H22N4O2S. The second kappa shape index (κ2) is 5.92. The maximum atomic E-state index is 12.5. The van der Waals surface area contributed by atoms with E-state index >= 15 is 0 Å². The molecular weight excluding hydrogens is 264 g/mol. The number of aromatic nitrogens is 2. The molecule has 0 bridgehead atoms. The minimum atomic E-state index is -3.50. The summed E-state index contributed by atoms with van der Waals surface area (Å²) in [6.07, 6.45) is 6.60. The van der Waals surface area contributed by atoms with Crippen molar-refractivity contribution in [3.63, 3.8) is 0 Å². The molecule has 6 nitrogen and oxygen atoms in total.